The molecule has 0 aliphatic rings. The molecule has 1 atom stereocenters. The lowest BCUT2D eigenvalue weighted by molar-refractivity contribution is -0.143. The zero-order valence-corrected chi connectivity index (χ0v) is 14.9. The van der Waals surface area contributed by atoms with Crippen molar-refractivity contribution in [2.45, 2.75) is 19.1 Å². The maximum absolute atomic E-state index is 12.1. The van der Waals surface area contributed by atoms with Crippen LogP contribution in [0.1, 0.15) is 11.1 Å². The number of hydrogen-bond donors (Lipinski definition) is 1. The summed E-state index contributed by atoms with van der Waals surface area (Å²) in [4.78, 5) is 28.5. The third-order valence-corrected chi connectivity index (χ3v) is 4.08. The zero-order chi connectivity index (χ0) is 19.1. The first kappa shape index (κ1) is 18.4. The number of nitrogens with one attached hydrogen (secondary N) is 1. The molecule has 1 amide bonds. The maximum Gasteiger partial charge on any atom is 0.408 e. The molecule has 0 spiro atoms. The van der Waals surface area contributed by atoms with Gasteiger partial charge in [-0.25, -0.2) is 9.59 Å². The minimum absolute atomic E-state index is 0.123. The Bertz CT molecular complexity index is 928. The average molecular weight is 364 g/mol. The minimum atomic E-state index is -0.860. The van der Waals surface area contributed by atoms with Crippen molar-refractivity contribution in [3.8, 4) is 0 Å². The Hall–Kier alpha value is -3.41. The summed E-state index contributed by atoms with van der Waals surface area (Å²) in [6.07, 6.45) is 1.27. The summed E-state index contributed by atoms with van der Waals surface area (Å²) in [7, 11) is 1.28. The van der Waals surface area contributed by atoms with Gasteiger partial charge in [0.25, 0.3) is 0 Å². The van der Waals surface area contributed by atoms with Gasteiger partial charge in [-0.15, -0.1) is 0 Å². The molecule has 3 rings (SSSR count). The van der Waals surface area contributed by atoms with E-state index >= 15 is 0 Å². The van der Waals surface area contributed by atoms with E-state index in [9.17, 15) is 9.59 Å². The standard InChI is InChI=1S/C21H20N2O4/c1-26-20(24)19(23-21(25)27-14-15-7-3-2-4-8-15)12-16-11-17-9-5-6-10-18(17)22-13-16/h2-11,13,19H,12,14H2,1H3,(H,23,25)/t19-/m0/s1. The fraction of sp³-hybridized carbons (Fsp3) is 0.190. The van der Waals surface area contributed by atoms with Crippen molar-refractivity contribution in [2.24, 2.45) is 0 Å². The van der Waals surface area contributed by atoms with Gasteiger partial charge >= 0.3 is 12.1 Å². The number of benzene rings is 2. The molecular formula is C21H20N2O4. The van der Waals surface area contributed by atoms with Crippen LogP contribution in [0.15, 0.2) is 66.9 Å². The molecule has 3 aromatic rings. The lowest BCUT2D eigenvalue weighted by Crippen LogP contribution is -2.43. The first-order chi connectivity index (χ1) is 13.2. The number of hydrogen-bond acceptors (Lipinski definition) is 5. The number of amides is 1. The second-order valence-electron chi connectivity index (χ2n) is 6.02. The molecule has 2 aromatic carbocycles. The van der Waals surface area contributed by atoms with Crippen molar-refractivity contribution in [1.29, 1.82) is 0 Å². The van der Waals surface area contributed by atoms with Crippen LogP contribution in [0.2, 0.25) is 0 Å². The molecule has 1 N–H and O–H groups in total. The smallest absolute Gasteiger partial charge is 0.408 e. The highest BCUT2D eigenvalue weighted by atomic mass is 16.6. The highest BCUT2D eigenvalue weighted by molar-refractivity contribution is 5.82. The van der Waals surface area contributed by atoms with Gasteiger partial charge in [0.15, 0.2) is 0 Å². The topological polar surface area (TPSA) is 77.5 Å². The average Bonchev–Trinajstić information content (AvgIpc) is 2.72. The second-order valence-corrected chi connectivity index (χ2v) is 6.02. The Morgan fingerprint density at radius 3 is 2.56 bits per heavy atom. The molecule has 1 aromatic heterocycles. The Kier molecular flexibility index (Phi) is 5.99. The van der Waals surface area contributed by atoms with Gasteiger partial charge < -0.3 is 14.8 Å². The molecule has 0 fully saturated rings. The van der Waals surface area contributed by atoms with Gasteiger partial charge in [-0.3, -0.25) is 4.98 Å². The van der Waals surface area contributed by atoms with E-state index in [1.165, 1.54) is 7.11 Å². The molecule has 0 saturated carbocycles. The number of esters is 1. The summed E-state index contributed by atoms with van der Waals surface area (Å²) in [6, 6.07) is 18.1. The van der Waals surface area contributed by atoms with Crippen LogP contribution in [-0.2, 0) is 27.3 Å². The van der Waals surface area contributed by atoms with E-state index in [2.05, 4.69) is 10.3 Å². The number of alkyl carbamates (subject to hydrolysis) is 1. The van der Waals surface area contributed by atoms with Crippen LogP contribution < -0.4 is 5.32 Å². The molecule has 0 unspecified atom stereocenters. The van der Waals surface area contributed by atoms with Crippen LogP contribution in [0.25, 0.3) is 10.9 Å². The van der Waals surface area contributed by atoms with Crippen LogP contribution in [0.3, 0.4) is 0 Å². The first-order valence-electron chi connectivity index (χ1n) is 8.54. The SMILES string of the molecule is COC(=O)[C@H](Cc1cnc2ccccc2c1)NC(=O)OCc1ccccc1. The molecular weight excluding hydrogens is 344 g/mol. The fourth-order valence-electron chi connectivity index (χ4n) is 2.71. The van der Waals surface area contributed by atoms with Crippen LogP contribution in [0, 0.1) is 0 Å². The van der Waals surface area contributed by atoms with E-state index < -0.39 is 18.1 Å². The van der Waals surface area contributed by atoms with Gasteiger partial charge in [-0.1, -0.05) is 48.5 Å². The van der Waals surface area contributed by atoms with Gasteiger partial charge in [-0.05, 0) is 23.3 Å². The van der Waals surface area contributed by atoms with E-state index in [-0.39, 0.29) is 13.0 Å². The molecule has 0 bridgehead atoms. The number of rotatable bonds is 6. The van der Waals surface area contributed by atoms with E-state index in [1.807, 2.05) is 60.7 Å². The highest BCUT2D eigenvalue weighted by Gasteiger charge is 2.23. The number of pyridine rings is 1. The van der Waals surface area contributed by atoms with Crippen molar-refractivity contribution in [3.05, 3.63) is 78.0 Å². The molecule has 0 radical (unpaired) electrons. The maximum atomic E-state index is 12.1. The first-order valence-corrected chi connectivity index (χ1v) is 8.54. The van der Waals surface area contributed by atoms with Gasteiger partial charge in [0, 0.05) is 18.0 Å². The summed E-state index contributed by atoms with van der Waals surface area (Å²) in [5.74, 6) is -0.542. The number of carbonyl (C=O) groups excluding carboxylic acids is 2. The van der Waals surface area contributed by atoms with Gasteiger partial charge in [0.1, 0.15) is 12.6 Å². The number of fused-ring (bicyclic) bond motifs is 1. The molecule has 1 heterocycles. The molecule has 27 heavy (non-hydrogen) atoms. The largest absolute Gasteiger partial charge is 0.467 e. The van der Waals surface area contributed by atoms with Crippen LogP contribution in [0.5, 0.6) is 0 Å². The lowest BCUT2D eigenvalue weighted by atomic mass is 10.1. The normalized spacial score (nSPS) is 11.6. The quantitative estimate of drug-likeness (QED) is 0.680. The molecule has 0 aliphatic carbocycles. The van der Waals surface area contributed by atoms with E-state index in [1.54, 1.807) is 6.20 Å². The summed E-state index contributed by atoms with van der Waals surface area (Å²) in [5.41, 5.74) is 2.54. The third kappa shape index (κ3) is 5.04. The number of carbonyl (C=O) groups is 2. The summed E-state index contributed by atoms with van der Waals surface area (Å²) >= 11 is 0. The number of nitrogens with zero attached hydrogens (tertiary/aromatic N) is 1. The lowest BCUT2D eigenvalue weighted by Gasteiger charge is -2.16. The Labute approximate surface area is 157 Å². The fourth-order valence-corrected chi connectivity index (χ4v) is 2.71. The van der Waals surface area contributed by atoms with Gasteiger partial charge in [-0.2, -0.15) is 0 Å². The Balaban J connectivity index is 1.65. The Morgan fingerprint density at radius 2 is 1.78 bits per heavy atom. The summed E-state index contributed by atoms with van der Waals surface area (Å²) in [5, 5.41) is 3.53. The van der Waals surface area contributed by atoms with E-state index in [4.69, 9.17) is 9.47 Å². The second kappa shape index (κ2) is 8.80. The van der Waals surface area contributed by atoms with Gasteiger partial charge in [0.2, 0.25) is 0 Å². The minimum Gasteiger partial charge on any atom is -0.467 e. The van der Waals surface area contributed by atoms with Crippen LogP contribution in [-0.4, -0.2) is 30.2 Å². The molecule has 0 aliphatic heterocycles. The number of methoxy groups -OCH3 is 1. The van der Waals surface area contributed by atoms with Crippen LogP contribution in [0.4, 0.5) is 4.79 Å². The van der Waals surface area contributed by atoms with Crippen molar-refractivity contribution in [2.75, 3.05) is 7.11 Å². The third-order valence-electron chi connectivity index (χ3n) is 4.08. The Morgan fingerprint density at radius 1 is 1.04 bits per heavy atom. The van der Waals surface area contributed by atoms with Crippen molar-refractivity contribution < 1.29 is 19.1 Å². The zero-order valence-electron chi connectivity index (χ0n) is 14.9. The van der Waals surface area contributed by atoms with Gasteiger partial charge in [0.05, 0.1) is 12.6 Å². The predicted octanol–water partition coefficient (Wildman–Crippen LogP) is 3.25. The predicted molar refractivity (Wildman–Crippen MR) is 101 cm³/mol. The highest BCUT2D eigenvalue weighted by Crippen LogP contribution is 2.14. The molecule has 6 heteroatoms. The van der Waals surface area contributed by atoms with Crippen molar-refractivity contribution >= 4 is 23.0 Å². The van der Waals surface area contributed by atoms with E-state index in [0.717, 1.165) is 22.0 Å². The number of aromatic nitrogens is 1. The van der Waals surface area contributed by atoms with E-state index in [0.29, 0.717) is 0 Å². The van der Waals surface area contributed by atoms with Crippen molar-refractivity contribution in [1.82, 2.24) is 10.3 Å². The molecule has 6 nitrogen and oxygen atoms in total. The monoisotopic (exact) mass is 364 g/mol. The number of ether oxygens (including phenoxy) is 2. The molecule has 138 valence electrons. The van der Waals surface area contributed by atoms with Crippen molar-refractivity contribution in [3.63, 3.8) is 0 Å². The summed E-state index contributed by atoms with van der Waals surface area (Å²) in [6.45, 7) is 0.123. The van der Waals surface area contributed by atoms with Crippen LogP contribution >= 0.6 is 0 Å². The number of para-hydroxylation sites is 1. The summed E-state index contributed by atoms with van der Waals surface area (Å²) < 4.78 is 9.99. The molecule has 0 saturated heterocycles.